The van der Waals surface area contributed by atoms with Crippen LogP contribution in [0.25, 0.3) is 5.76 Å². The summed E-state index contributed by atoms with van der Waals surface area (Å²) in [5.41, 5.74) is 3.28. The molecule has 0 heterocycles. The molecule has 3 aliphatic rings. The van der Waals surface area contributed by atoms with Gasteiger partial charge in [0, 0.05) is 31.3 Å². The molecule has 1 aromatic rings. The Labute approximate surface area is 229 Å². The van der Waals surface area contributed by atoms with Crippen LogP contribution >= 0.6 is 10.0 Å². The predicted molar refractivity (Wildman–Crippen MR) is 151 cm³/mol. The van der Waals surface area contributed by atoms with Crippen LogP contribution in [-0.4, -0.2) is 101 Å². The number of rotatable bonds is 3. The first-order chi connectivity index (χ1) is 17.9. The summed E-state index contributed by atoms with van der Waals surface area (Å²) in [6.45, 7) is 0. The van der Waals surface area contributed by atoms with Gasteiger partial charge in [-0.2, -0.15) is 10.0 Å². The lowest BCUT2D eigenvalue weighted by atomic mass is 9.57. The molecule has 0 saturated heterocycles. The van der Waals surface area contributed by atoms with Crippen LogP contribution in [0.3, 0.4) is 0 Å². The summed E-state index contributed by atoms with van der Waals surface area (Å²) in [7, 11) is 5.52. The summed E-state index contributed by atoms with van der Waals surface area (Å²) in [4.78, 5) is 42.6. The van der Waals surface area contributed by atoms with Gasteiger partial charge in [0.1, 0.15) is 22.8 Å². The lowest BCUT2D eigenvalue weighted by Gasteiger charge is -2.50. The van der Waals surface area contributed by atoms with E-state index in [1.807, 2.05) is 37.8 Å². The molecule has 1 amide bonds. The zero-order valence-electron chi connectivity index (χ0n) is 23.1. The van der Waals surface area contributed by atoms with Crippen molar-refractivity contribution >= 4 is 38.9 Å². The number of likely N-dealkylation sites (N-methyl/N-ethyl adjacent to an activating group) is 1. The van der Waals surface area contributed by atoms with Crippen molar-refractivity contribution < 1.29 is 34.8 Å². The molecular formula is C28H35N3O7S. The molecule has 1 aromatic carbocycles. The molecule has 11 heteroatoms. The first-order valence-electron chi connectivity index (χ1n) is 12.4. The van der Waals surface area contributed by atoms with Crippen molar-refractivity contribution in [2.75, 3.05) is 51.9 Å². The topological polar surface area (TPSA) is 165 Å². The maximum absolute atomic E-state index is 14.0. The van der Waals surface area contributed by atoms with Crippen molar-refractivity contribution in [3.05, 3.63) is 39.7 Å². The molecule has 0 aliphatic heterocycles. The summed E-state index contributed by atoms with van der Waals surface area (Å²) >= 11 is 0. The highest BCUT2D eigenvalue weighted by Gasteiger charge is 2.64. The lowest BCUT2D eigenvalue weighted by Crippen LogP contribution is -2.65. The second-order valence-electron chi connectivity index (χ2n) is 11.6. The summed E-state index contributed by atoms with van der Waals surface area (Å²) in [5, 5.41) is 48.6. The number of aliphatic hydroxyl groups excluding tert-OH is 2. The van der Waals surface area contributed by atoms with Gasteiger partial charge in [0.25, 0.3) is 5.91 Å². The number of hydrogen-bond acceptors (Lipinski definition) is 9. The predicted octanol–water partition coefficient (Wildman–Crippen LogP) is 1.03. The van der Waals surface area contributed by atoms with Gasteiger partial charge >= 0.3 is 0 Å². The third kappa shape index (κ3) is 4.27. The number of primary amides is 1. The van der Waals surface area contributed by atoms with Gasteiger partial charge in [-0.3, -0.25) is 19.3 Å². The van der Waals surface area contributed by atoms with Crippen LogP contribution in [0.2, 0.25) is 0 Å². The van der Waals surface area contributed by atoms with E-state index in [4.69, 9.17) is 5.73 Å². The number of phenolic OH excluding ortho intramolecular Hbond substituents is 1. The summed E-state index contributed by atoms with van der Waals surface area (Å²) in [6, 6.07) is 0.619. The molecule has 1 saturated carbocycles. The molecule has 6 N–H and O–H groups in total. The number of aliphatic hydroxyl groups is 3. The van der Waals surface area contributed by atoms with Crippen molar-refractivity contribution in [1.82, 2.24) is 4.90 Å². The highest BCUT2D eigenvalue weighted by atomic mass is 32.3. The molecule has 0 spiro atoms. The smallest absolute Gasteiger partial charge is 0.255 e. The van der Waals surface area contributed by atoms with Gasteiger partial charge in [-0.1, -0.05) is 5.92 Å². The van der Waals surface area contributed by atoms with Crippen molar-refractivity contribution in [3.8, 4) is 16.9 Å². The molecule has 10 nitrogen and oxygen atoms in total. The second kappa shape index (κ2) is 9.33. The monoisotopic (exact) mass is 557 g/mol. The van der Waals surface area contributed by atoms with Gasteiger partial charge in [-0.05, 0) is 68.5 Å². The Morgan fingerprint density at radius 2 is 1.74 bits per heavy atom. The van der Waals surface area contributed by atoms with Gasteiger partial charge in [0.05, 0.1) is 17.2 Å². The fourth-order valence-electron chi connectivity index (χ4n) is 5.99. The Bertz CT molecular complexity index is 1440. The van der Waals surface area contributed by atoms with Crippen LogP contribution < -0.4 is 10.6 Å². The number of phenols is 1. The quantitative estimate of drug-likeness (QED) is 0.270. The van der Waals surface area contributed by atoms with Gasteiger partial charge in [0.15, 0.2) is 11.4 Å². The number of nitrogens with zero attached hydrogens (tertiary/aromatic N) is 2. The van der Waals surface area contributed by atoms with E-state index in [-0.39, 0.29) is 35.3 Å². The molecular weight excluding hydrogens is 522 g/mol. The minimum Gasteiger partial charge on any atom is -0.508 e. The van der Waals surface area contributed by atoms with E-state index in [1.165, 1.54) is 4.90 Å². The van der Waals surface area contributed by atoms with Crippen LogP contribution in [0.15, 0.2) is 23.0 Å². The molecule has 210 valence electrons. The van der Waals surface area contributed by atoms with Crippen LogP contribution in [0.4, 0.5) is 5.69 Å². The van der Waals surface area contributed by atoms with E-state index >= 15 is 0 Å². The number of nitrogens with two attached hydrogens (primary N) is 1. The number of amides is 1. The van der Waals surface area contributed by atoms with Crippen LogP contribution in [0.5, 0.6) is 5.75 Å². The summed E-state index contributed by atoms with van der Waals surface area (Å²) < 4.78 is 0. The minimum absolute atomic E-state index is 0.0331. The van der Waals surface area contributed by atoms with Crippen molar-refractivity contribution in [1.29, 1.82) is 0 Å². The lowest BCUT2D eigenvalue weighted by molar-refractivity contribution is -0.153. The Balaban J connectivity index is 2.01. The number of Topliss-reactive ketones (excluding diaryl/α,β-unsaturated/α-hetero) is 2. The minimum atomic E-state index is -2.67. The molecule has 3 aliphatic carbocycles. The van der Waals surface area contributed by atoms with E-state index in [2.05, 4.69) is 11.2 Å². The number of fused-ring (bicyclic) bond motifs is 3. The molecule has 0 radical (unpaired) electrons. The molecule has 0 unspecified atom stereocenters. The third-order valence-corrected chi connectivity index (χ3v) is 8.39. The Kier molecular flexibility index (Phi) is 6.83. The first kappa shape index (κ1) is 28.5. The van der Waals surface area contributed by atoms with E-state index < -0.39 is 68.1 Å². The molecule has 1 fully saturated rings. The fourth-order valence-corrected chi connectivity index (χ4v) is 6.41. The Morgan fingerprint density at radius 1 is 1.13 bits per heavy atom. The highest BCUT2D eigenvalue weighted by molar-refractivity contribution is 8.35. The maximum Gasteiger partial charge on any atom is 0.255 e. The van der Waals surface area contributed by atoms with Crippen molar-refractivity contribution in [3.63, 3.8) is 0 Å². The summed E-state index contributed by atoms with van der Waals surface area (Å²) in [5.74, 6) is -3.77. The number of carbonyl (C=O) groups is 3. The van der Waals surface area contributed by atoms with Gasteiger partial charge < -0.3 is 31.1 Å². The largest absolute Gasteiger partial charge is 0.508 e. The maximum atomic E-state index is 14.0. The van der Waals surface area contributed by atoms with Gasteiger partial charge in [-0.25, -0.2) is 0 Å². The van der Waals surface area contributed by atoms with Crippen LogP contribution in [0.1, 0.15) is 23.1 Å². The number of benzene rings is 1. The summed E-state index contributed by atoms with van der Waals surface area (Å²) in [6.07, 6.45) is 6.25. The van der Waals surface area contributed by atoms with Gasteiger partial charge in [0.2, 0.25) is 5.78 Å². The number of anilines is 1. The van der Waals surface area contributed by atoms with Crippen LogP contribution in [0, 0.1) is 23.0 Å². The molecule has 4 atom stereocenters. The molecule has 39 heavy (non-hydrogen) atoms. The average molecular weight is 558 g/mol. The Hall–Kier alpha value is -3.46. The van der Waals surface area contributed by atoms with Crippen LogP contribution in [-0.2, 0) is 20.8 Å². The number of carbonyl (C=O) groups excluding carboxylic acids is 3. The number of ketones is 2. The van der Waals surface area contributed by atoms with E-state index in [0.29, 0.717) is 11.3 Å². The number of aromatic hydroxyl groups is 1. The second-order valence-corrected chi connectivity index (χ2v) is 15.4. The van der Waals surface area contributed by atoms with Crippen molar-refractivity contribution in [2.45, 2.75) is 24.5 Å². The fraction of sp³-hybridized carbons (Fsp3) is 0.464. The van der Waals surface area contributed by atoms with E-state index in [1.54, 1.807) is 20.2 Å². The number of hydrogen-bond donors (Lipinski definition) is 5. The van der Waals surface area contributed by atoms with Gasteiger partial charge in [-0.15, -0.1) is 0 Å². The molecule has 4 rings (SSSR count). The third-order valence-electron chi connectivity index (χ3n) is 7.67. The molecule has 0 aromatic heterocycles. The van der Waals surface area contributed by atoms with E-state index in [0.717, 1.165) is 0 Å². The molecule has 0 bridgehead atoms. The SMILES string of the molecule is CN(C)c1cc(C#CS(C)(C)C)c(O)c2c1C[C@H]1C[C@H]3[C@H](N(C)C)C(=O)C(C(N)=O)=C(O)[C@@]3(O)C(=O)C1=C2O. The van der Waals surface area contributed by atoms with Crippen molar-refractivity contribution in [2.24, 2.45) is 17.6 Å². The van der Waals surface area contributed by atoms with E-state index in [9.17, 15) is 34.8 Å². The zero-order valence-corrected chi connectivity index (χ0v) is 23.9. The standard InChI is InChI=1S/C28H35N3O7S/c1-30(2)17-12-13(8-9-39(5,6)7)22(32)19-15(17)10-14-11-16-21(31(3)4)24(34)20(27(29)37)26(36)28(16,38)25(35)18(14)23(19)33/h12,14,16,21,32-33,36,38H,10-11H2,1-7H3,(H2,29,37)/t14-,16-,21-,28-/m0/s1. The first-order valence-corrected chi connectivity index (χ1v) is 15.2. The zero-order chi connectivity index (χ0) is 29.4. The normalized spacial score (nSPS) is 26.9. The average Bonchev–Trinajstić information content (AvgIpc) is 2.79. The highest BCUT2D eigenvalue weighted by Crippen LogP contribution is 2.54. The Morgan fingerprint density at radius 3 is 2.26 bits per heavy atom.